The van der Waals surface area contributed by atoms with Crippen molar-refractivity contribution in [2.24, 2.45) is 0 Å². The van der Waals surface area contributed by atoms with Gasteiger partial charge in [-0.1, -0.05) is 36.4 Å². The van der Waals surface area contributed by atoms with Crippen molar-refractivity contribution < 1.29 is 0 Å². The predicted octanol–water partition coefficient (Wildman–Crippen LogP) is 3.66. The predicted molar refractivity (Wildman–Crippen MR) is 94.4 cm³/mol. The molecule has 24 heavy (non-hydrogen) atoms. The fourth-order valence-electron chi connectivity index (χ4n) is 3.52. The molecule has 0 spiro atoms. The molecule has 0 radical (unpaired) electrons. The normalized spacial score (nSPS) is 18.1. The van der Waals surface area contributed by atoms with Gasteiger partial charge in [0.25, 0.3) is 0 Å². The Morgan fingerprint density at radius 1 is 0.917 bits per heavy atom. The van der Waals surface area contributed by atoms with Gasteiger partial charge >= 0.3 is 0 Å². The third-order valence-corrected chi connectivity index (χ3v) is 4.73. The highest BCUT2D eigenvalue weighted by atomic mass is 15.2. The van der Waals surface area contributed by atoms with Crippen LogP contribution in [0.5, 0.6) is 0 Å². The Kier molecular flexibility index (Phi) is 4.38. The summed E-state index contributed by atoms with van der Waals surface area (Å²) in [7, 11) is 0. The maximum atomic E-state index is 4.60. The average Bonchev–Trinajstić information content (AvgIpc) is 3.27. The molecular weight excluding hydrogens is 296 g/mol. The van der Waals surface area contributed by atoms with Gasteiger partial charge in [0.1, 0.15) is 5.82 Å². The van der Waals surface area contributed by atoms with Crippen molar-refractivity contribution in [3.63, 3.8) is 0 Å². The molecule has 4 rings (SSSR count). The Labute approximate surface area is 142 Å². The zero-order valence-electron chi connectivity index (χ0n) is 13.8. The van der Waals surface area contributed by atoms with E-state index in [-0.39, 0.29) is 0 Å². The molecule has 122 valence electrons. The number of aromatic nitrogens is 3. The molecule has 0 N–H and O–H groups in total. The number of benzene rings is 1. The summed E-state index contributed by atoms with van der Waals surface area (Å²) in [5.74, 6) is 1.13. The molecule has 4 heteroatoms. The van der Waals surface area contributed by atoms with Gasteiger partial charge in [0.15, 0.2) is 0 Å². The van der Waals surface area contributed by atoms with E-state index in [4.69, 9.17) is 0 Å². The Morgan fingerprint density at radius 2 is 1.79 bits per heavy atom. The Hall–Kier alpha value is -2.46. The minimum Gasteiger partial charge on any atom is -0.329 e. The Balaban J connectivity index is 1.50. The lowest BCUT2D eigenvalue weighted by atomic mass is 10.1. The van der Waals surface area contributed by atoms with Crippen LogP contribution in [0.3, 0.4) is 0 Å². The van der Waals surface area contributed by atoms with E-state index in [1.807, 2.05) is 18.5 Å². The van der Waals surface area contributed by atoms with E-state index in [0.717, 1.165) is 25.5 Å². The summed E-state index contributed by atoms with van der Waals surface area (Å²) in [6.07, 6.45) is 8.28. The second-order valence-corrected chi connectivity index (χ2v) is 6.34. The Bertz CT molecular complexity index is 767. The van der Waals surface area contributed by atoms with Gasteiger partial charge < -0.3 is 4.57 Å². The highest BCUT2D eigenvalue weighted by Gasteiger charge is 2.27. The fourth-order valence-corrected chi connectivity index (χ4v) is 3.52. The van der Waals surface area contributed by atoms with Gasteiger partial charge in [0.05, 0.1) is 18.3 Å². The first-order valence-electron chi connectivity index (χ1n) is 8.59. The van der Waals surface area contributed by atoms with Crippen molar-refractivity contribution in [2.45, 2.75) is 32.0 Å². The largest absolute Gasteiger partial charge is 0.329 e. The lowest BCUT2D eigenvalue weighted by Gasteiger charge is -2.24. The summed E-state index contributed by atoms with van der Waals surface area (Å²) in [5.41, 5.74) is 2.48. The van der Waals surface area contributed by atoms with Crippen molar-refractivity contribution in [3.8, 4) is 0 Å². The maximum absolute atomic E-state index is 4.60. The van der Waals surface area contributed by atoms with Gasteiger partial charge in [-0.2, -0.15) is 0 Å². The lowest BCUT2D eigenvalue weighted by Crippen LogP contribution is -2.25. The van der Waals surface area contributed by atoms with Gasteiger partial charge in [0.2, 0.25) is 0 Å². The summed E-state index contributed by atoms with van der Waals surface area (Å²) in [6, 6.07) is 17.2. The molecule has 3 aromatic rings. The summed E-state index contributed by atoms with van der Waals surface area (Å²) >= 11 is 0. The summed E-state index contributed by atoms with van der Waals surface area (Å²) in [5, 5.41) is 0. The molecular formula is C20H22N4. The Morgan fingerprint density at radius 3 is 2.62 bits per heavy atom. The van der Waals surface area contributed by atoms with Gasteiger partial charge in [-0.25, -0.2) is 4.98 Å². The van der Waals surface area contributed by atoms with E-state index in [0.29, 0.717) is 6.04 Å². The molecule has 0 aliphatic carbocycles. The first-order valence-corrected chi connectivity index (χ1v) is 8.59. The number of hydrogen-bond donors (Lipinski definition) is 0. The molecule has 1 atom stereocenters. The van der Waals surface area contributed by atoms with Crippen LogP contribution in [-0.2, 0) is 13.1 Å². The number of rotatable bonds is 5. The van der Waals surface area contributed by atoms with Crippen molar-refractivity contribution in [1.29, 1.82) is 0 Å². The molecule has 4 nitrogen and oxygen atoms in total. The van der Waals surface area contributed by atoms with Crippen LogP contribution in [0.2, 0.25) is 0 Å². The quantitative estimate of drug-likeness (QED) is 0.720. The molecule has 1 aliphatic rings. The molecule has 0 unspecified atom stereocenters. The smallest absolute Gasteiger partial charge is 0.123 e. The van der Waals surface area contributed by atoms with Gasteiger partial charge in [-0.05, 0) is 37.1 Å². The molecule has 1 aromatic carbocycles. The van der Waals surface area contributed by atoms with E-state index < -0.39 is 0 Å². The third kappa shape index (κ3) is 3.24. The molecule has 2 aromatic heterocycles. The van der Waals surface area contributed by atoms with Crippen LogP contribution in [0.25, 0.3) is 0 Å². The molecule has 1 aliphatic heterocycles. The number of hydrogen-bond acceptors (Lipinski definition) is 3. The summed E-state index contributed by atoms with van der Waals surface area (Å²) in [6.45, 7) is 2.86. The highest BCUT2D eigenvalue weighted by molar-refractivity contribution is 5.16. The van der Waals surface area contributed by atoms with Gasteiger partial charge in [0, 0.05) is 25.1 Å². The second-order valence-electron chi connectivity index (χ2n) is 6.34. The first-order chi connectivity index (χ1) is 11.9. The molecule has 0 bridgehead atoms. The van der Waals surface area contributed by atoms with Crippen LogP contribution >= 0.6 is 0 Å². The number of nitrogens with zero attached hydrogens (tertiary/aromatic N) is 4. The zero-order valence-corrected chi connectivity index (χ0v) is 13.8. The first kappa shape index (κ1) is 15.1. The van der Waals surface area contributed by atoms with Crippen LogP contribution in [0.15, 0.2) is 67.1 Å². The zero-order chi connectivity index (χ0) is 16.2. The van der Waals surface area contributed by atoms with E-state index >= 15 is 0 Å². The monoisotopic (exact) mass is 318 g/mol. The molecule has 0 amide bonds. The van der Waals surface area contributed by atoms with Crippen molar-refractivity contribution in [1.82, 2.24) is 19.4 Å². The van der Waals surface area contributed by atoms with Crippen LogP contribution in [0.4, 0.5) is 0 Å². The lowest BCUT2D eigenvalue weighted by molar-refractivity contribution is 0.235. The van der Waals surface area contributed by atoms with Crippen LogP contribution in [-0.4, -0.2) is 26.0 Å². The third-order valence-electron chi connectivity index (χ3n) is 4.73. The van der Waals surface area contributed by atoms with Crippen LogP contribution in [0, 0.1) is 0 Å². The van der Waals surface area contributed by atoms with Crippen molar-refractivity contribution in [3.05, 3.63) is 84.2 Å². The summed E-state index contributed by atoms with van der Waals surface area (Å²) in [4.78, 5) is 11.7. The molecule has 0 saturated carbocycles. The van der Waals surface area contributed by atoms with E-state index in [9.17, 15) is 0 Å². The topological polar surface area (TPSA) is 34.0 Å². The van der Waals surface area contributed by atoms with E-state index in [2.05, 4.69) is 68.1 Å². The minimum atomic E-state index is 0.410. The molecule has 1 saturated heterocycles. The van der Waals surface area contributed by atoms with Crippen molar-refractivity contribution in [2.75, 3.05) is 6.54 Å². The van der Waals surface area contributed by atoms with E-state index in [1.54, 1.807) is 0 Å². The molecule has 3 heterocycles. The average molecular weight is 318 g/mol. The molecule has 1 fully saturated rings. The number of pyridine rings is 1. The van der Waals surface area contributed by atoms with Gasteiger partial charge in [-0.3, -0.25) is 9.88 Å². The minimum absolute atomic E-state index is 0.410. The fraction of sp³-hybridized carbons (Fsp3) is 0.300. The van der Waals surface area contributed by atoms with Crippen LogP contribution in [0.1, 0.15) is 36.0 Å². The highest BCUT2D eigenvalue weighted by Crippen LogP contribution is 2.31. The maximum Gasteiger partial charge on any atom is 0.123 e. The number of imidazole rings is 1. The standard InChI is InChI=1S/C20H22N4/c1-2-7-17(8-3-1)15-24-14-12-22-20(24)16-23-13-6-10-19(23)18-9-4-5-11-21-18/h1-5,7-9,11-12,14,19H,6,10,13,15-16H2/t19-/m1/s1. The van der Waals surface area contributed by atoms with E-state index in [1.165, 1.54) is 24.1 Å². The number of likely N-dealkylation sites (tertiary alicyclic amines) is 1. The van der Waals surface area contributed by atoms with Crippen molar-refractivity contribution >= 4 is 0 Å². The SMILES string of the molecule is c1ccc(Cn2ccnc2CN2CCC[C@@H]2c2ccccn2)cc1. The second kappa shape index (κ2) is 6.97. The van der Waals surface area contributed by atoms with Gasteiger partial charge in [-0.15, -0.1) is 0 Å². The summed E-state index contributed by atoms with van der Waals surface area (Å²) < 4.78 is 2.25. The van der Waals surface area contributed by atoms with Crippen LogP contribution < -0.4 is 0 Å².